The molecule has 2 aromatic carbocycles. The molecule has 0 spiro atoms. The lowest BCUT2D eigenvalue weighted by Crippen LogP contribution is -2.55. The Morgan fingerprint density at radius 1 is 1.12 bits per heavy atom. The quantitative estimate of drug-likeness (QED) is 0.447. The largest absolute Gasteiger partial charge is 0.391 e. The van der Waals surface area contributed by atoms with Crippen molar-refractivity contribution in [3.05, 3.63) is 76.7 Å². The van der Waals surface area contributed by atoms with Crippen LogP contribution in [-0.4, -0.2) is 62.5 Å². The zero-order valence-electron chi connectivity index (χ0n) is 24.7. The van der Waals surface area contributed by atoms with Crippen molar-refractivity contribution in [1.82, 2.24) is 20.3 Å². The Hall–Kier alpha value is -3.98. The summed E-state index contributed by atoms with van der Waals surface area (Å²) >= 11 is 0. The van der Waals surface area contributed by atoms with Crippen molar-refractivity contribution in [2.45, 2.75) is 79.2 Å². The fourth-order valence-corrected chi connectivity index (χ4v) is 5.69. The molecule has 0 aliphatic carbocycles. The molecule has 3 unspecified atom stereocenters. The van der Waals surface area contributed by atoms with Crippen LogP contribution in [0.2, 0.25) is 0 Å². The van der Waals surface area contributed by atoms with Crippen LogP contribution in [0.25, 0.3) is 11.1 Å². The van der Waals surface area contributed by atoms with Gasteiger partial charge in [-0.15, -0.1) is 0 Å². The monoisotopic (exact) mass is 560 g/mol. The van der Waals surface area contributed by atoms with Crippen LogP contribution < -0.4 is 5.32 Å². The number of amides is 3. The highest BCUT2D eigenvalue weighted by molar-refractivity contribution is 6.01. The smallest absolute Gasteiger partial charge is 0.255 e. The Labute approximate surface area is 241 Å². The number of carbonyl (C=O) groups is 3. The van der Waals surface area contributed by atoms with Crippen LogP contribution in [0.3, 0.4) is 0 Å². The summed E-state index contributed by atoms with van der Waals surface area (Å²) in [5.74, 6) is -0.990. The van der Waals surface area contributed by atoms with Crippen molar-refractivity contribution in [2.24, 2.45) is 5.92 Å². The van der Waals surface area contributed by atoms with Gasteiger partial charge in [0.15, 0.2) is 0 Å². The molecule has 9 nitrogen and oxygen atoms in total. The van der Waals surface area contributed by atoms with E-state index in [1.54, 1.807) is 17.2 Å². The number of nitrogens with one attached hydrogen (secondary N) is 1. The van der Waals surface area contributed by atoms with E-state index in [9.17, 15) is 19.5 Å². The topological polar surface area (TPSA) is 116 Å². The summed E-state index contributed by atoms with van der Waals surface area (Å²) in [6.45, 7) is 12.3. The highest BCUT2D eigenvalue weighted by Crippen LogP contribution is 2.30. The number of aliphatic hydroxyl groups is 1. The van der Waals surface area contributed by atoms with Crippen molar-refractivity contribution in [3.8, 4) is 11.1 Å². The second-order valence-electron chi connectivity index (χ2n) is 10.8. The maximum Gasteiger partial charge on any atom is 0.255 e. The highest BCUT2D eigenvalue weighted by Gasteiger charge is 2.45. The summed E-state index contributed by atoms with van der Waals surface area (Å²) in [7, 11) is 0. The van der Waals surface area contributed by atoms with E-state index in [0.717, 1.165) is 33.5 Å². The highest BCUT2D eigenvalue weighted by atomic mass is 16.5. The van der Waals surface area contributed by atoms with E-state index < -0.39 is 18.2 Å². The molecule has 1 aromatic heterocycles. The fraction of sp³-hybridized carbons (Fsp3) is 0.438. The van der Waals surface area contributed by atoms with Crippen LogP contribution in [0.5, 0.6) is 0 Å². The molecule has 1 fully saturated rings. The van der Waals surface area contributed by atoms with Gasteiger partial charge in [-0.3, -0.25) is 14.4 Å². The summed E-state index contributed by atoms with van der Waals surface area (Å²) in [6, 6.07) is 11.8. The van der Waals surface area contributed by atoms with Crippen molar-refractivity contribution < 1.29 is 24.0 Å². The maximum atomic E-state index is 13.9. The lowest BCUT2D eigenvalue weighted by atomic mass is 10.00. The lowest BCUT2D eigenvalue weighted by Gasteiger charge is -2.35. The number of nitrogens with zero attached hydrogens (tertiary/aromatic N) is 3. The second kappa shape index (κ2) is 12.7. The third-order valence-electron chi connectivity index (χ3n) is 7.79. The Balaban J connectivity index is 0.00000189. The lowest BCUT2D eigenvalue weighted by molar-refractivity contribution is -0.143. The van der Waals surface area contributed by atoms with E-state index in [1.165, 1.54) is 4.90 Å². The second-order valence-corrected chi connectivity index (χ2v) is 10.8. The van der Waals surface area contributed by atoms with E-state index in [2.05, 4.69) is 10.5 Å². The maximum absolute atomic E-state index is 13.9. The Bertz CT molecular complexity index is 1410. The molecule has 2 N–H and O–H groups in total. The minimum atomic E-state index is -0.812. The van der Waals surface area contributed by atoms with Crippen molar-refractivity contribution >= 4 is 17.7 Å². The first-order valence-corrected chi connectivity index (χ1v) is 14.3. The van der Waals surface area contributed by atoms with E-state index in [4.69, 9.17) is 4.52 Å². The molecule has 0 saturated carbocycles. The molecule has 3 atom stereocenters. The normalized spacial score (nSPS) is 18.7. The SMILES string of the molecule is CC.Cc1cc(-c2conc2C)ccc1CNC(=O)C1CC(O)CN1C(=O)C(C(C)C)N1Cc2ccccc2C1=O. The molecule has 2 aliphatic rings. The van der Waals surface area contributed by atoms with Crippen molar-refractivity contribution in [1.29, 1.82) is 0 Å². The van der Waals surface area contributed by atoms with Crippen LogP contribution >= 0.6 is 0 Å². The predicted octanol–water partition coefficient (Wildman–Crippen LogP) is 4.24. The molecule has 218 valence electrons. The number of aliphatic hydroxyl groups excluding tert-OH is 1. The van der Waals surface area contributed by atoms with Gasteiger partial charge in [0.05, 0.1) is 11.8 Å². The van der Waals surface area contributed by atoms with Gasteiger partial charge in [0.1, 0.15) is 18.3 Å². The fourth-order valence-electron chi connectivity index (χ4n) is 5.69. The van der Waals surface area contributed by atoms with Gasteiger partial charge in [0.2, 0.25) is 11.8 Å². The minimum absolute atomic E-state index is 0.0565. The van der Waals surface area contributed by atoms with Crippen LogP contribution in [-0.2, 0) is 22.7 Å². The Morgan fingerprint density at radius 3 is 2.49 bits per heavy atom. The number of benzene rings is 2. The Kier molecular flexibility index (Phi) is 9.28. The average Bonchev–Trinajstić information content (AvgIpc) is 3.66. The number of fused-ring (bicyclic) bond motifs is 1. The number of aromatic nitrogens is 1. The number of aryl methyl sites for hydroxylation is 2. The number of rotatable bonds is 7. The molecule has 0 radical (unpaired) electrons. The van der Waals surface area contributed by atoms with Gasteiger partial charge in [-0.1, -0.05) is 69.2 Å². The molecule has 0 bridgehead atoms. The predicted molar refractivity (Wildman–Crippen MR) is 156 cm³/mol. The summed E-state index contributed by atoms with van der Waals surface area (Å²) in [4.78, 5) is 43.4. The standard InChI is InChI=1S/C30H34N4O5.C2H6/c1-17(2)27(34-14-22-7-5-6-8-24(22)29(34)37)30(38)33-15-23(35)12-26(33)28(36)31-13-21-10-9-20(11-18(21)3)25-16-39-32-19(25)4;1-2/h5-11,16-17,23,26-27,35H,12-15H2,1-4H3,(H,31,36);1-2H3. The molecule has 5 rings (SSSR count). The Morgan fingerprint density at radius 2 is 1.85 bits per heavy atom. The number of hydrogen-bond donors (Lipinski definition) is 2. The van der Waals surface area contributed by atoms with Gasteiger partial charge in [-0.05, 0) is 48.1 Å². The van der Waals surface area contributed by atoms with Gasteiger partial charge in [-0.25, -0.2) is 0 Å². The van der Waals surface area contributed by atoms with E-state index in [-0.39, 0.29) is 43.1 Å². The first kappa shape index (κ1) is 30.0. The molecule has 41 heavy (non-hydrogen) atoms. The summed E-state index contributed by atoms with van der Waals surface area (Å²) in [5, 5.41) is 17.3. The summed E-state index contributed by atoms with van der Waals surface area (Å²) in [6.07, 6.45) is 0.958. The number of β-amino-alcohol motifs (C(OH)–C–C–N with tert-alkyl or cyclic N) is 1. The first-order chi connectivity index (χ1) is 19.7. The molecule has 3 aromatic rings. The minimum Gasteiger partial charge on any atom is -0.391 e. The van der Waals surface area contributed by atoms with Gasteiger partial charge < -0.3 is 24.7 Å². The van der Waals surface area contributed by atoms with Crippen molar-refractivity contribution in [3.63, 3.8) is 0 Å². The molecule has 1 saturated heterocycles. The van der Waals surface area contributed by atoms with Crippen LogP contribution in [0.4, 0.5) is 0 Å². The van der Waals surface area contributed by atoms with Gasteiger partial charge in [-0.2, -0.15) is 0 Å². The van der Waals surface area contributed by atoms with E-state index in [0.29, 0.717) is 12.1 Å². The summed E-state index contributed by atoms with van der Waals surface area (Å²) < 4.78 is 5.05. The van der Waals surface area contributed by atoms with Crippen LogP contribution in [0, 0.1) is 19.8 Å². The molecule has 2 aliphatic heterocycles. The molecule has 9 heteroatoms. The first-order valence-electron chi connectivity index (χ1n) is 14.3. The van der Waals surface area contributed by atoms with E-state index in [1.807, 2.05) is 77.9 Å². The van der Waals surface area contributed by atoms with E-state index >= 15 is 0 Å². The zero-order chi connectivity index (χ0) is 29.8. The third kappa shape index (κ3) is 6.05. The number of carbonyl (C=O) groups excluding carboxylic acids is 3. The van der Waals surface area contributed by atoms with Gasteiger partial charge in [0.25, 0.3) is 5.91 Å². The van der Waals surface area contributed by atoms with Gasteiger partial charge >= 0.3 is 0 Å². The summed E-state index contributed by atoms with van der Waals surface area (Å²) in [5.41, 5.74) is 6.14. The molecular formula is C32H40N4O5. The van der Waals surface area contributed by atoms with Gasteiger partial charge in [0, 0.05) is 37.2 Å². The average molecular weight is 561 g/mol. The molecule has 3 heterocycles. The zero-order valence-corrected chi connectivity index (χ0v) is 24.7. The third-order valence-corrected chi connectivity index (χ3v) is 7.79. The molecular weight excluding hydrogens is 520 g/mol. The van der Waals surface area contributed by atoms with Crippen LogP contribution in [0.15, 0.2) is 53.3 Å². The number of hydrogen-bond acceptors (Lipinski definition) is 6. The van der Waals surface area contributed by atoms with Crippen molar-refractivity contribution in [2.75, 3.05) is 6.54 Å². The number of likely N-dealkylation sites (tertiary alicyclic amines) is 1. The molecule has 3 amide bonds. The van der Waals surface area contributed by atoms with Crippen LogP contribution in [0.1, 0.15) is 66.9 Å².